The lowest BCUT2D eigenvalue weighted by atomic mass is 9.99. The van der Waals surface area contributed by atoms with Gasteiger partial charge >= 0.3 is 0 Å². The highest BCUT2D eigenvalue weighted by molar-refractivity contribution is 5.10. The molecule has 0 aromatic rings. The largest absolute Gasteiger partial charge is 0.299 e. The fourth-order valence-corrected chi connectivity index (χ4v) is 1.52. The summed E-state index contributed by atoms with van der Waals surface area (Å²) in [6.45, 7) is 14.5. The van der Waals surface area contributed by atoms with Gasteiger partial charge in [-0.1, -0.05) is 46.3 Å². The summed E-state index contributed by atoms with van der Waals surface area (Å²) in [5.41, 5.74) is 1.62. The van der Waals surface area contributed by atoms with Gasteiger partial charge in [0.1, 0.15) is 0 Å². The molecule has 0 radical (unpaired) electrons. The average Bonchev–Trinajstić information content (AvgIpc) is 2.21. The van der Waals surface area contributed by atoms with Gasteiger partial charge in [-0.2, -0.15) is 0 Å². The van der Waals surface area contributed by atoms with Crippen LogP contribution >= 0.6 is 0 Å². The molecular formula is C12H25N. The second kappa shape index (κ2) is 7.14. The average molecular weight is 183 g/mol. The van der Waals surface area contributed by atoms with Crippen LogP contribution in [0.25, 0.3) is 0 Å². The third-order valence-electron chi connectivity index (χ3n) is 2.45. The van der Waals surface area contributed by atoms with Crippen molar-refractivity contribution in [2.75, 3.05) is 19.6 Å². The van der Waals surface area contributed by atoms with Crippen LogP contribution in [0.1, 0.15) is 41.0 Å². The van der Waals surface area contributed by atoms with E-state index in [4.69, 9.17) is 0 Å². The van der Waals surface area contributed by atoms with Crippen molar-refractivity contribution in [1.82, 2.24) is 4.90 Å². The Balaban J connectivity index is 0.000000671. The summed E-state index contributed by atoms with van der Waals surface area (Å²) in [4.78, 5) is 2.51. The molecule has 1 aliphatic rings. The summed E-state index contributed by atoms with van der Waals surface area (Å²) in [7, 11) is 0. The minimum Gasteiger partial charge on any atom is -0.299 e. The van der Waals surface area contributed by atoms with Crippen LogP contribution in [-0.4, -0.2) is 24.5 Å². The van der Waals surface area contributed by atoms with Crippen molar-refractivity contribution < 1.29 is 0 Å². The van der Waals surface area contributed by atoms with Crippen LogP contribution < -0.4 is 0 Å². The Morgan fingerprint density at radius 3 is 2.46 bits per heavy atom. The van der Waals surface area contributed by atoms with Crippen LogP contribution in [0, 0.1) is 5.92 Å². The van der Waals surface area contributed by atoms with Crippen LogP contribution in [0.2, 0.25) is 0 Å². The zero-order chi connectivity index (χ0) is 10.3. The molecule has 0 aliphatic carbocycles. The highest BCUT2D eigenvalue weighted by atomic mass is 15.1. The minimum atomic E-state index is 0.740. The Bertz CT molecular complexity index is 147. The molecule has 0 aromatic heterocycles. The van der Waals surface area contributed by atoms with Gasteiger partial charge in [0, 0.05) is 13.1 Å². The molecule has 0 saturated carbocycles. The number of likely N-dealkylation sites (N-methyl/N-ethyl adjacent to an activating group) is 1. The van der Waals surface area contributed by atoms with Crippen molar-refractivity contribution in [2.45, 2.75) is 41.0 Å². The topological polar surface area (TPSA) is 3.24 Å². The van der Waals surface area contributed by atoms with E-state index in [-0.39, 0.29) is 0 Å². The SMILES string of the molecule is CC.CCN1CCC=C(C(C)C)C1. The lowest BCUT2D eigenvalue weighted by molar-refractivity contribution is 0.296. The molecule has 0 bridgehead atoms. The Morgan fingerprint density at radius 2 is 2.00 bits per heavy atom. The third-order valence-corrected chi connectivity index (χ3v) is 2.45. The first-order valence-corrected chi connectivity index (χ1v) is 5.65. The molecule has 0 atom stereocenters. The van der Waals surface area contributed by atoms with Gasteiger partial charge in [-0.05, 0) is 18.9 Å². The quantitative estimate of drug-likeness (QED) is 0.594. The molecule has 1 heteroatoms. The van der Waals surface area contributed by atoms with E-state index in [9.17, 15) is 0 Å². The molecule has 1 aliphatic heterocycles. The van der Waals surface area contributed by atoms with Gasteiger partial charge in [-0.25, -0.2) is 0 Å². The minimum absolute atomic E-state index is 0.740. The zero-order valence-electron chi connectivity index (χ0n) is 9.93. The fourth-order valence-electron chi connectivity index (χ4n) is 1.52. The first kappa shape index (κ1) is 12.7. The lowest BCUT2D eigenvalue weighted by Crippen LogP contribution is -2.30. The third kappa shape index (κ3) is 4.47. The predicted octanol–water partition coefficient (Wildman–Crippen LogP) is 3.32. The van der Waals surface area contributed by atoms with Crippen LogP contribution in [-0.2, 0) is 0 Å². The van der Waals surface area contributed by atoms with Gasteiger partial charge in [0.25, 0.3) is 0 Å². The molecule has 78 valence electrons. The van der Waals surface area contributed by atoms with E-state index in [1.807, 2.05) is 13.8 Å². The van der Waals surface area contributed by atoms with Crippen LogP contribution in [0.4, 0.5) is 0 Å². The summed E-state index contributed by atoms with van der Waals surface area (Å²) in [5.74, 6) is 0.740. The molecule has 0 saturated heterocycles. The molecule has 0 fully saturated rings. The number of nitrogens with zero attached hydrogens (tertiary/aromatic N) is 1. The Labute approximate surface area is 83.8 Å². The summed E-state index contributed by atoms with van der Waals surface area (Å²) in [6.07, 6.45) is 3.66. The van der Waals surface area contributed by atoms with E-state index in [1.165, 1.54) is 26.1 Å². The number of hydrogen-bond donors (Lipinski definition) is 0. The Hall–Kier alpha value is -0.300. The molecule has 0 amide bonds. The molecular weight excluding hydrogens is 158 g/mol. The molecule has 0 unspecified atom stereocenters. The van der Waals surface area contributed by atoms with Crippen LogP contribution in [0.15, 0.2) is 11.6 Å². The normalized spacial score (nSPS) is 17.8. The summed E-state index contributed by atoms with van der Waals surface area (Å²) < 4.78 is 0. The maximum Gasteiger partial charge on any atom is 0.0195 e. The predicted molar refractivity (Wildman–Crippen MR) is 61.0 cm³/mol. The van der Waals surface area contributed by atoms with Gasteiger partial charge in [0.2, 0.25) is 0 Å². The summed E-state index contributed by atoms with van der Waals surface area (Å²) in [6, 6.07) is 0. The fraction of sp³-hybridized carbons (Fsp3) is 0.833. The first-order valence-electron chi connectivity index (χ1n) is 5.65. The Kier molecular flexibility index (Phi) is 6.97. The van der Waals surface area contributed by atoms with E-state index in [1.54, 1.807) is 5.57 Å². The van der Waals surface area contributed by atoms with E-state index < -0.39 is 0 Å². The number of rotatable bonds is 2. The monoisotopic (exact) mass is 183 g/mol. The van der Waals surface area contributed by atoms with Crippen molar-refractivity contribution >= 4 is 0 Å². The highest BCUT2D eigenvalue weighted by Crippen LogP contribution is 2.16. The second-order valence-electron chi connectivity index (χ2n) is 3.59. The van der Waals surface area contributed by atoms with Crippen molar-refractivity contribution in [2.24, 2.45) is 5.92 Å². The molecule has 0 aromatic carbocycles. The van der Waals surface area contributed by atoms with Crippen molar-refractivity contribution in [3.8, 4) is 0 Å². The maximum atomic E-state index is 2.51. The number of hydrogen-bond acceptors (Lipinski definition) is 1. The second-order valence-corrected chi connectivity index (χ2v) is 3.59. The van der Waals surface area contributed by atoms with Gasteiger partial charge in [0.05, 0.1) is 0 Å². The first-order chi connectivity index (χ1) is 6.24. The van der Waals surface area contributed by atoms with Crippen LogP contribution in [0.5, 0.6) is 0 Å². The van der Waals surface area contributed by atoms with Gasteiger partial charge < -0.3 is 0 Å². The summed E-state index contributed by atoms with van der Waals surface area (Å²) >= 11 is 0. The summed E-state index contributed by atoms with van der Waals surface area (Å²) in [5, 5.41) is 0. The van der Waals surface area contributed by atoms with Gasteiger partial charge in [-0.3, -0.25) is 4.90 Å². The van der Waals surface area contributed by atoms with Crippen molar-refractivity contribution in [3.63, 3.8) is 0 Å². The van der Waals surface area contributed by atoms with E-state index >= 15 is 0 Å². The molecule has 1 rings (SSSR count). The van der Waals surface area contributed by atoms with Gasteiger partial charge in [-0.15, -0.1) is 0 Å². The molecule has 13 heavy (non-hydrogen) atoms. The van der Waals surface area contributed by atoms with Crippen molar-refractivity contribution in [3.05, 3.63) is 11.6 Å². The molecule has 1 heterocycles. The molecule has 1 nitrogen and oxygen atoms in total. The van der Waals surface area contributed by atoms with E-state index in [2.05, 4.69) is 31.7 Å². The Morgan fingerprint density at radius 1 is 1.38 bits per heavy atom. The lowest BCUT2D eigenvalue weighted by Gasteiger charge is -2.27. The smallest absolute Gasteiger partial charge is 0.0195 e. The van der Waals surface area contributed by atoms with Crippen LogP contribution in [0.3, 0.4) is 0 Å². The van der Waals surface area contributed by atoms with E-state index in [0.29, 0.717) is 0 Å². The standard InChI is InChI=1S/C10H19N.C2H6/c1-4-11-7-5-6-10(8-11)9(2)3;1-2/h6,9H,4-5,7-8H2,1-3H3;1-2H3. The highest BCUT2D eigenvalue weighted by Gasteiger charge is 2.12. The molecule has 0 spiro atoms. The van der Waals surface area contributed by atoms with Crippen molar-refractivity contribution in [1.29, 1.82) is 0 Å². The maximum absolute atomic E-state index is 2.51. The molecule has 0 N–H and O–H groups in total. The van der Waals surface area contributed by atoms with Gasteiger partial charge in [0.15, 0.2) is 0 Å². The zero-order valence-corrected chi connectivity index (χ0v) is 9.93. The van der Waals surface area contributed by atoms with E-state index in [0.717, 1.165) is 5.92 Å².